The number of likely N-dealkylation sites (tertiary alicyclic amines) is 1. The summed E-state index contributed by atoms with van der Waals surface area (Å²) < 4.78 is 39.3. The standard InChI is InChI=1S/C22H27F3N4O/c23-22(24,25)20-11-14-29(27-20)19-7-5-17(6-8-19)21(30)26-18-9-12-28(13-10-18)15-16-3-1-2-4-16/h5-8,11,14,16,18H,1-4,9-10,12-13,15H2,(H,26,30). The van der Waals surface area contributed by atoms with Gasteiger partial charge < -0.3 is 10.2 Å². The number of amides is 1. The van der Waals surface area contributed by atoms with Crippen LogP contribution in [0.1, 0.15) is 54.6 Å². The van der Waals surface area contributed by atoms with E-state index in [1.807, 2.05) is 0 Å². The van der Waals surface area contributed by atoms with Gasteiger partial charge in [0.2, 0.25) is 0 Å². The molecule has 2 heterocycles. The van der Waals surface area contributed by atoms with Crippen molar-refractivity contribution in [3.05, 3.63) is 47.8 Å². The van der Waals surface area contributed by atoms with Gasteiger partial charge in [-0.15, -0.1) is 0 Å². The number of halogens is 3. The van der Waals surface area contributed by atoms with Crippen molar-refractivity contribution in [2.45, 2.75) is 50.7 Å². The quantitative estimate of drug-likeness (QED) is 0.786. The smallest absolute Gasteiger partial charge is 0.349 e. The highest BCUT2D eigenvalue weighted by Gasteiger charge is 2.33. The fraction of sp³-hybridized carbons (Fsp3) is 0.545. The first-order valence-electron chi connectivity index (χ1n) is 10.6. The van der Waals surface area contributed by atoms with E-state index in [1.54, 1.807) is 24.3 Å². The molecule has 30 heavy (non-hydrogen) atoms. The summed E-state index contributed by atoms with van der Waals surface area (Å²) in [7, 11) is 0. The van der Waals surface area contributed by atoms with Crippen LogP contribution in [0, 0.1) is 5.92 Å². The van der Waals surface area contributed by atoms with Crippen molar-refractivity contribution in [3.8, 4) is 5.69 Å². The normalized spacial score (nSPS) is 19.3. The second-order valence-electron chi connectivity index (χ2n) is 8.39. The molecule has 1 N–H and O–H groups in total. The summed E-state index contributed by atoms with van der Waals surface area (Å²) >= 11 is 0. The molecule has 1 saturated heterocycles. The molecule has 4 rings (SSSR count). The van der Waals surface area contributed by atoms with E-state index in [1.165, 1.54) is 38.4 Å². The Kier molecular flexibility index (Phi) is 6.13. The molecule has 1 aliphatic heterocycles. The molecule has 0 atom stereocenters. The van der Waals surface area contributed by atoms with Gasteiger partial charge in [0, 0.05) is 37.4 Å². The topological polar surface area (TPSA) is 50.2 Å². The molecule has 0 bridgehead atoms. The Balaban J connectivity index is 1.28. The minimum Gasteiger partial charge on any atom is -0.349 e. The summed E-state index contributed by atoms with van der Waals surface area (Å²) in [4.78, 5) is 15.1. The Bertz CT molecular complexity index is 848. The fourth-order valence-corrected chi connectivity index (χ4v) is 4.47. The number of piperidine rings is 1. The summed E-state index contributed by atoms with van der Waals surface area (Å²) in [5, 5.41) is 6.65. The number of rotatable bonds is 5. The number of alkyl halides is 3. The number of carbonyl (C=O) groups is 1. The Morgan fingerprint density at radius 3 is 2.30 bits per heavy atom. The van der Waals surface area contributed by atoms with Crippen LogP contribution >= 0.6 is 0 Å². The first-order valence-corrected chi connectivity index (χ1v) is 10.6. The van der Waals surface area contributed by atoms with Crippen LogP contribution in [0.25, 0.3) is 5.69 Å². The van der Waals surface area contributed by atoms with E-state index in [4.69, 9.17) is 0 Å². The van der Waals surface area contributed by atoms with Gasteiger partial charge in [-0.3, -0.25) is 4.79 Å². The van der Waals surface area contributed by atoms with Crippen LogP contribution in [0.4, 0.5) is 13.2 Å². The number of nitrogens with zero attached hydrogens (tertiary/aromatic N) is 3. The highest BCUT2D eigenvalue weighted by molar-refractivity contribution is 5.94. The predicted octanol–water partition coefficient (Wildman–Crippen LogP) is 4.28. The zero-order valence-corrected chi connectivity index (χ0v) is 16.9. The number of hydrogen-bond donors (Lipinski definition) is 1. The van der Waals surface area contributed by atoms with Gasteiger partial charge in [0.25, 0.3) is 5.91 Å². The second-order valence-corrected chi connectivity index (χ2v) is 8.39. The van der Waals surface area contributed by atoms with Crippen molar-refractivity contribution in [1.82, 2.24) is 20.0 Å². The van der Waals surface area contributed by atoms with Gasteiger partial charge in [-0.2, -0.15) is 18.3 Å². The molecule has 0 spiro atoms. The number of hydrogen-bond acceptors (Lipinski definition) is 3. The lowest BCUT2D eigenvalue weighted by Gasteiger charge is -2.33. The van der Waals surface area contributed by atoms with Gasteiger partial charge in [-0.25, -0.2) is 4.68 Å². The lowest BCUT2D eigenvalue weighted by Crippen LogP contribution is -2.45. The van der Waals surface area contributed by atoms with Gasteiger partial charge in [0.15, 0.2) is 5.69 Å². The van der Waals surface area contributed by atoms with Gasteiger partial charge in [-0.1, -0.05) is 12.8 Å². The van der Waals surface area contributed by atoms with Crippen LogP contribution < -0.4 is 5.32 Å². The van der Waals surface area contributed by atoms with E-state index in [-0.39, 0.29) is 11.9 Å². The largest absolute Gasteiger partial charge is 0.435 e. The molecule has 1 aromatic heterocycles. The summed E-state index contributed by atoms with van der Waals surface area (Å²) in [5.41, 5.74) is 0.0289. The van der Waals surface area contributed by atoms with E-state index in [2.05, 4.69) is 15.3 Å². The maximum Gasteiger partial charge on any atom is 0.435 e. The Hall–Kier alpha value is -2.35. The molecule has 1 aromatic carbocycles. The first kappa shape index (κ1) is 20.9. The third kappa shape index (κ3) is 5.03. The van der Waals surface area contributed by atoms with E-state index < -0.39 is 11.9 Å². The molecule has 162 valence electrons. The lowest BCUT2D eigenvalue weighted by molar-refractivity contribution is -0.141. The molecule has 0 radical (unpaired) electrons. The Morgan fingerprint density at radius 2 is 1.70 bits per heavy atom. The monoisotopic (exact) mass is 420 g/mol. The van der Waals surface area contributed by atoms with Crippen LogP contribution in [-0.4, -0.2) is 46.3 Å². The average Bonchev–Trinajstić information content (AvgIpc) is 3.41. The summed E-state index contributed by atoms with van der Waals surface area (Å²) in [6.07, 6.45) is 4.11. The minimum absolute atomic E-state index is 0.146. The highest BCUT2D eigenvalue weighted by atomic mass is 19.4. The van der Waals surface area contributed by atoms with Crippen LogP contribution in [0.3, 0.4) is 0 Å². The van der Waals surface area contributed by atoms with E-state index in [0.717, 1.165) is 42.6 Å². The molecule has 2 aliphatic rings. The third-order valence-electron chi connectivity index (χ3n) is 6.19. The van der Waals surface area contributed by atoms with E-state index in [0.29, 0.717) is 11.3 Å². The maximum absolute atomic E-state index is 12.7. The molecule has 1 amide bonds. The molecule has 5 nitrogen and oxygen atoms in total. The molecule has 1 aliphatic carbocycles. The minimum atomic E-state index is -4.47. The summed E-state index contributed by atoms with van der Waals surface area (Å²) in [6, 6.07) is 7.54. The third-order valence-corrected chi connectivity index (χ3v) is 6.19. The molecular weight excluding hydrogens is 393 g/mol. The van der Waals surface area contributed by atoms with Crippen molar-refractivity contribution >= 4 is 5.91 Å². The Labute approximate surface area is 174 Å². The number of benzene rings is 1. The van der Waals surface area contributed by atoms with Crippen molar-refractivity contribution in [2.24, 2.45) is 5.92 Å². The van der Waals surface area contributed by atoms with E-state index >= 15 is 0 Å². The van der Waals surface area contributed by atoms with Crippen LogP contribution in [0.2, 0.25) is 0 Å². The number of carbonyl (C=O) groups excluding carboxylic acids is 1. The zero-order chi connectivity index (χ0) is 21.1. The van der Waals surface area contributed by atoms with Gasteiger partial charge in [-0.05, 0) is 61.9 Å². The molecular formula is C22H27F3N4O. The highest BCUT2D eigenvalue weighted by Crippen LogP contribution is 2.28. The summed E-state index contributed by atoms with van der Waals surface area (Å²) in [5.74, 6) is 0.698. The average molecular weight is 420 g/mol. The summed E-state index contributed by atoms with van der Waals surface area (Å²) in [6.45, 7) is 3.22. The first-order chi connectivity index (χ1) is 14.4. The second kappa shape index (κ2) is 8.79. The molecule has 8 heteroatoms. The Morgan fingerprint density at radius 1 is 1.03 bits per heavy atom. The van der Waals surface area contributed by atoms with E-state index in [9.17, 15) is 18.0 Å². The zero-order valence-electron chi connectivity index (χ0n) is 16.9. The molecule has 1 saturated carbocycles. The molecule has 0 unspecified atom stereocenters. The molecule has 2 fully saturated rings. The van der Waals surface area contributed by atoms with Crippen molar-refractivity contribution in [1.29, 1.82) is 0 Å². The van der Waals surface area contributed by atoms with Crippen molar-refractivity contribution in [3.63, 3.8) is 0 Å². The SMILES string of the molecule is O=C(NC1CCN(CC2CCCC2)CC1)c1ccc(-n2ccc(C(F)(F)F)n2)cc1. The number of aromatic nitrogens is 2. The van der Waals surface area contributed by atoms with Crippen molar-refractivity contribution < 1.29 is 18.0 Å². The van der Waals surface area contributed by atoms with Crippen LogP contribution in [-0.2, 0) is 6.18 Å². The molecule has 2 aromatic rings. The fourth-order valence-electron chi connectivity index (χ4n) is 4.47. The van der Waals surface area contributed by atoms with Gasteiger partial charge in [0.1, 0.15) is 0 Å². The predicted molar refractivity (Wildman–Crippen MR) is 107 cm³/mol. The lowest BCUT2D eigenvalue weighted by atomic mass is 10.0. The van der Waals surface area contributed by atoms with Crippen molar-refractivity contribution in [2.75, 3.05) is 19.6 Å². The van der Waals surface area contributed by atoms with Crippen LogP contribution in [0.5, 0.6) is 0 Å². The van der Waals surface area contributed by atoms with Crippen LogP contribution in [0.15, 0.2) is 36.5 Å². The number of nitrogens with one attached hydrogen (secondary N) is 1. The maximum atomic E-state index is 12.7. The van der Waals surface area contributed by atoms with Gasteiger partial charge >= 0.3 is 6.18 Å². The van der Waals surface area contributed by atoms with Gasteiger partial charge in [0.05, 0.1) is 5.69 Å².